The molecule has 0 amide bonds. The first-order valence-electron chi connectivity index (χ1n) is 5.10. The van der Waals surface area contributed by atoms with Crippen LogP contribution in [0.1, 0.15) is 51.9 Å². The summed E-state index contributed by atoms with van der Waals surface area (Å²) in [4.78, 5) is 0. The van der Waals surface area contributed by atoms with Crippen molar-refractivity contribution in [2.24, 2.45) is 0 Å². The van der Waals surface area contributed by atoms with Crippen LogP contribution in [0.3, 0.4) is 0 Å². The lowest BCUT2D eigenvalue weighted by molar-refractivity contribution is 0.702. The number of hydrogen-bond acceptors (Lipinski definition) is 0. The van der Waals surface area contributed by atoms with Gasteiger partial charge in [-0.1, -0.05) is 47.6 Å². The van der Waals surface area contributed by atoms with Gasteiger partial charge in [-0.25, -0.2) is 0 Å². The molecule has 0 aliphatic heterocycles. The Morgan fingerprint density at radius 3 is 2.27 bits per heavy atom. The zero-order chi connectivity index (χ0) is 7.94. The Kier molecular flexibility index (Phi) is 5.19. The average molecular weight is 171 g/mol. The molecule has 1 radical (unpaired) electrons. The molecular formula is C10H20P. The van der Waals surface area contributed by atoms with Crippen LogP contribution in [0.2, 0.25) is 0 Å². The van der Waals surface area contributed by atoms with Crippen LogP contribution >= 0.6 is 8.58 Å². The topological polar surface area (TPSA) is 0 Å². The maximum Gasteiger partial charge on any atom is -0.0170 e. The van der Waals surface area contributed by atoms with Crippen LogP contribution in [0.25, 0.3) is 0 Å². The average Bonchev–Trinajstić information content (AvgIpc) is 2.28. The molecule has 65 valence electrons. The molecule has 0 heterocycles. The SMILES string of the molecule is CCC[P]C1CCCCCC1. The fourth-order valence-corrected chi connectivity index (χ4v) is 3.11. The van der Waals surface area contributed by atoms with E-state index >= 15 is 0 Å². The van der Waals surface area contributed by atoms with Crippen LogP contribution in [0, 0.1) is 0 Å². The molecule has 0 aromatic heterocycles. The maximum atomic E-state index is 2.30. The second-order valence-corrected chi connectivity index (χ2v) is 5.09. The zero-order valence-corrected chi connectivity index (χ0v) is 8.58. The quantitative estimate of drug-likeness (QED) is 0.443. The van der Waals surface area contributed by atoms with Gasteiger partial charge in [0.15, 0.2) is 0 Å². The van der Waals surface area contributed by atoms with E-state index < -0.39 is 0 Å². The summed E-state index contributed by atoms with van der Waals surface area (Å²) >= 11 is 0. The van der Waals surface area contributed by atoms with Gasteiger partial charge in [0.25, 0.3) is 0 Å². The van der Waals surface area contributed by atoms with E-state index in [1.807, 2.05) is 0 Å². The summed E-state index contributed by atoms with van der Waals surface area (Å²) in [6, 6.07) is 0. The van der Waals surface area contributed by atoms with Crippen LogP contribution in [-0.4, -0.2) is 11.8 Å². The normalized spacial score (nSPS) is 22.6. The van der Waals surface area contributed by atoms with Crippen molar-refractivity contribution in [3.05, 3.63) is 0 Å². The standard InChI is InChI=1S/C10H20P/c1-2-9-11-10-7-5-3-4-6-8-10/h10H,2-9H2,1H3. The van der Waals surface area contributed by atoms with Gasteiger partial charge in [-0.2, -0.15) is 0 Å². The molecule has 1 rings (SSSR count). The Hall–Kier alpha value is 0.430. The first-order valence-corrected chi connectivity index (χ1v) is 6.25. The minimum atomic E-state index is 1.07. The van der Waals surface area contributed by atoms with E-state index in [9.17, 15) is 0 Å². The first-order chi connectivity index (χ1) is 5.43. The fourth-order valence-electron chi connectivity index (χ4n) is 1.75. The van der Waals surface area contributed by atoms with Gasteiger partial charge < -0.3 is 0 Å². The summed E-state index contributed by atoms with van der Waals surface area (Å²) in [6.07, 6.45) is 11.8. The monoisotopic (exact) mass is 171 g/mol. The van der Waals surface area contributed by atoms with Crippen molar-refractivity contribution in [3.8, 4) is 0 Å². The van der Waals surface area contributed by atoms with Crippen molar-refractivity contribution in [2.45, 2.75) is 57.5 Å². The lowest BCUT2D eigenvalue weighted by Crippen LogP contribution is -1.98. The highest BCUT2D eigenvalue weighted by Gasteiger charge is 2.11. The van der Waals surface area contributed by atoms with Crippen molar-refractivity contribution in [1.29, 1.82) is 0 Å². The lowest BCUT2D eigenvalue weighted by Gasteiger charge is -2.11. The number of hydrogen-bond donors (Lipinski definition) is 0. The van der Waals surface area contributed by atoms with E-state index in [0.29, 0.717) is 0 Å². The van der Waals surface area contributed by atoms with Gasteiger partial charge >= 0.3 is 0 Å². The molecule has 1 heteroatoms. The molecule has 1 saturated carbocycles. The van der Waals surface area contributed by atoms with E-state index in [1.165, 1.54) is 51.1 Å². The third-order valence-corrected chi connectivity index (χ3v) is 4.17. The van der Waals surface area contributed by atoms with E-state index in [1.54, 1.807) is 8.58 Å². The third kappa shape index (κ3) is 4.11. The van der Waals surface area contributed by atoms with Gasteiger partial charge in [0.2, 0.25) is 0 Å². The molecular weight excluding hydrogens is 151 g/mol. The summed E-state index contributed by atoms with van der Waals surface area (Å²) in [6.45, 7) is 2.30. The van der Waals surface area contributed by atoms with E-state index in [0.717, 1.165) is 5.66 Å². The predicted molar refractivity (Wildman–Crippen MR) is 53.6 cm³/mol. The van der Waals surface area contributed by atoms with Crippen LogP contribution in [0.4, 0.5) is 0 Å². The van der Waals surface area contributed by atoms with E-state index in [-0.39, 0.29) is 0 Å². The highest BCUT2D eigenvalue weighted by molar-refractivity contribution is 7.38. The molecule has 0 aromatic carbocycles. The molecule has 0 nitrogen and oxygen atoms in total. The summed E-state index contributed by atoms with van der Waals surface area (Å²) in [5, 5.41) is 0. The van der Waals surface area contributed by atoms with Crippen molar-refractivity contribution in [1.82, 2.24) is 0 Å². The largest absolute Gasteiger partial charge is 0.0775 e. The lowest BCUT2D eigenvalue weighted by atomic mass is 10.2. The van der Waals surface area contributed by atoms with E-state index in [2.05, 4.69) is 6.92 Å². The first kappa shape index (κ1) is 9.52. The molecule has 1 aliphatic carbocycles. The van der Waals surface area contributed by atoms with Crippen LogP contribution < -0.4 is 0 Å². The second kappa shape index (κ2) is 6.00. The minimum absolute atomic E-state index is 1.07. The molecule has 0 N–H and O–H groups in total. The molecule has 0 unspecified atom stereocenters. The van der Waals surface area contributed by atoms with Crippen LogP contribution in [-0.2, 0) is 0 Å². The van der Waals surface area contributed by atoms with Crippen molar-refractivity contribution >= 4 is 8.58 Å². The van der Waals surface area contributed by atoms with Crippen molar-refractivity contribution in [2.75, 3.05) is 6.16 Å². The van der Waals surface area contributed by atoms with Crippen molar-refractivity contribution < 1.29 is 0 Å². The Balaban J connectivity index is 2.09. The smallest absolute Gasteiger partial charge is 0.0170 e. The maximum absolute atomic E-state index is 2.30. The molecule has 0 saturated heterocycles. The Morgan fingerprint density at radius 2 is 1.73 bits per heavy atom. The minimum Gasteiger partial charge on any atom is -0.0775 e. The molecule has 11 heavy (non-hydrogen) atoms. The Bertz CT molecular complexity index is 82.9. The molecule has 0 atom stereocenters. The zero-order valence-electron chi connectivity index (χ0n) is 7.68. The van der Waals surface area contributed by atoms with Gasteiger partial charge in [-0.15, -0.1) is 0 Å². The van der Waals surface area contributed by atoms with E-state index in [4.69, 9.17) is 0 Å². The van der Waals surface area contributed by atoms with Gasteiger partial charge in [0.05, 0.1) is 0 Å². The summed E-state index contributed by atoms with van der Waals surface area (Å²) in [5.74, 6) is 0. The van der Waals surface area contributed by atoms with Gasteiger partial charge in [0, 0.05) is 0 Å². The highest BCUT2D eigenvalue weighted by Crippen LogP contribution is 2.31. The summed E-state index contributed by atoms with van der Waals surface area (Å²) < 4.78 is 0. The van der Waals surface area contributed by atoms with Crippen LogP contribution in [0.5, 0.6) is 0 Å². The molecule has 1 fully saturated rings. The van der Waals surface area contributed by atoms with Gasteiger partial charge in [-0.3, -0.25) is 0 Å². The van der Waals surface area contributed by atoms with Crippen LogP contribution in [0.15, 0.2) is 0 Å². The van der Waals surface area contributed by atoms with Crippen molar-refractivity contribution in [3.63, 3.8) is 0 Å². The molecule has 0 bridgehead atoms. The molecule has 0 aromatic rings. The number of rotatable bonds is 3. The fraction of sp³-hybridized carbons (Fsp3) is 1.00. The Morgan fingerprint density at radius 1 is 1.09 bits per heavy atom. The third-order valence-electron chi connectivity index (χ3n) is 2.44. The van der Waals surface area contributed by atoms with Gasteiger partial charge in [-0.05, 0) is 24.7 Å². The summed E-state index contributed by atoms with van der Waals surface area (Å²) in [7, 11) is 1.74. The summed E-state index contributed by atoms with van der Waals surface area (Å²) in [5.41, 5.74) is 1.07. The van der Waals surface area contributed by atoms with Gasteiger partial charge in [0.1, 0.15) is 0 Å². The molecule has 0 spiro atoms. The second-order valence-electron chi connectivity index (χ2n) is 3.55. The predicted octanol–water partition coefficient (Wildman–Crippen LogP) is 4.07. The highest BCUT2D eigenvalue weighted by atomic mass is 31.1. The molecule has 1 aliphatic rings. The Labute approximate surface area is 72.9 Å².